The summed E-state index contributed by atoms with van der Waals surface area (Å²) in [7, 11) is 0. The van der Waals surface area contributed by atoms with E-state index in [1.165, 1.54) is 11.3 Å². The van der Waals surface area contributed by atoms with Crippen molar-refractivity contribution in [1.29, 1.82) is 0 Å². The fourth-order valence-electron chi connectivity index (χ4n) is 0.890. The maximum atomic E-state index is 8.77. The van der Waals surface area contributed by atoms with Gasteiger partial charge in [0.05, 0.1) is 17.0 Å². The summed E-state index contributed by atoms with van der Waals surface area (Å²) in [5.41, 5.74) is 7.18. The van der Waals surface area contributed by atoms with E-state index in [9.17, 15) is 0 Å². The van der Waals surface area contributed by atoms with Crippen LogP contribution in [0.2, 0.25) is 0 Å². The highest BCUT2D eigenvalue weighted by Gasteiger charge is 2.15. The van der Waals surface area contributed by atoms with E-state index in [-0.39, 0.29) is 12.5 Å². The van der Waals surface area contributed by atoms with Crippen molar-refractivity contribution < 1.29 is 9.63 Å². The molecule has 6 nitrogen and oxygen atoms in total. The van der Waals surface area contributed by atoms with E-state index in [1.54, 1.807) is 11.7 Å². The molecule has 0 amide bonds. The zero-order valence-electron chi connectivity index (χ0n) is 7.12. The van der Waals surface area contributed by atoms with E-state index in [0.717, 1.165) is 4.88 Å². The molecule has 0 fully saturated rings. The molecule has 0 spiro atoms. The maximum Gasteiger partial charge on any atom is 0.246 e. The summed E-state index contributed by atoms with van der Waals surface area (Å²) in [6.07, 6.45) is 1.64. The molecule has 14 heavy (non-hydrogen) atoms. The van der Waals surface area contributed by atoms with Crippen LogP contribution in [-0.2, 0) is 0 Å². The normalized spacial score (nSPS) is 13.0. The van der Waals surface area contributed by atoms with Gasteiger partial charge < -0.3 is 15.4 Å². The fraction of sp³-hybridized carbons (Fsp3) is 0.286. The van der Waals surface area contributed by atoms with Crippen molar-refractivity contribution in [3.8, 4) is 10.7 Å². The summed E-state index contributed by atoms with van der Waals surface area (Å²) in [6.45, 7) is -0.218. The van der Waals surface area contributed by atoms with Gasteiger partial charge in [0.15, 0.2) is 0 Å². The lowest BCUT2D eigenvalue weighted by Gasteiger charge is -1.98. The molecule has 3 N–H and O–H groups in total. The topological polar surface area (TPSA) is 98.1 Å². The van der Waals surface area contributed by atoms with Crippen molar-refractivity contribution >= 4 is 11.3 Å². The minimum absolute atomic E-state index is 0.218. The summed E-state index contributed by atoms with van der Waals surface area (Å²) in [5.74, 6) is 0.683. The van der Waals surface area contributed by atoms with Crippen LogP contribution < -0.4 is 5.73 Å². The molecule has 0 aromatic carbocycles. The van der Waals surface area contributed by atoms with Gasteiger partial charge in [-0.15, -0.1) is 11.3 Å². The van der Waals surface area contributed by atoms with Crippen molar-refractivity contribution in [3.05, 3.63) is 17.6 Å². The number of hydrogen-bond acceptors (Lipinski definition) is 7. The summed E-state index contributed by atoms with van der Waals surface area (Å²) >= 11 is 1.41. The molecule has 1 atom stereocenters. The summed E-state index contributed by atoms with van der Waals surface area (Å²) < 4.78 is 4.87. The predicted octanol–water partition coefficient (Wildman–Crippen LogP) is 0.185. The highest BCUT2D eigenvalue weighted by atomic mass is 32.1. The van der Waals surface area contributed by atoms with Gasteiger partial charge in [-0.3, -0.25) is 4.98 Å². The Balaban J connectivity index is 2.26. The minimum atomic E-state index is -0.621. The minimum Gasteiger partial charge on any atom is -0.394 e. The summed E-state index contributed by atoms with van der Waals surface area (Å²) in [6, 6.07) is -0.621. The number of nitrogens with two attached hydrogens (primary N) is 1. The standard InChI is InChI=1S/C7H8N4O2S/c8-4(2-12)7-10-6(11-13-7)5-1-9-3-14-5/h1,3-4,12H,2,8H2/t4-/m0/s1. The van der Waals surface area contributed by atoms with Crippen molar-refractivity contribution in [2.75, 3.05) is 6.61 Å². The van der Waals surface area contributed by atoms with Gasteiger partial charge >= 0.3 is 0 Å². The molecule has 0 saturated heterocycles. The third-order valence-electron chi connectivity index (χ3n) is 1.61. The Hall–Kier alpha value is -1.31. The Morgan fingerprint density at radius 2 is 2.50 bits per heavy atom. The number of aromatic nitrogens is 3. The van der Waals surface area contributed by atoms with Gasteiger partial charge in [0.25, 0.3) is 0 Å². The second-order valence-electron chi connectivity index (χ2n) is 2.61. The van der Waals surface area contributed by atoms with E-state index < -0.39 is 6.04 Å². The molecule has 2 rings (SSSR count). The van der Waals surface area contributed by atoms with Crippen molar-refractivity contribution in [1.82, 2.24) is 15.1 Å². The highest BCUT2D eigenvalue weighted by molar-refractivity contribution is 7.13. The molecule has 0 aliphatic carbocycles. The quantitative estimate of drug-likeness (QED) is 0.753. The van der Waals surface area contributed by atoms with Crippen LogP contribution in [0.5, 0.6) is 0 Å². The molecule has 0 radical (unpaired) electrons. The fourth-order valence-corrected chi connectivity index (χ4v) is 1.44. The second kappa shape index (κ2) is 3.82. The molecule has 2 aromatic heterocycles. The second-order valence-corrected chi connectivity index (χ2v) is 3.50. The first kappa shape index (κ1) is 9.25. The van der Waals surface area contributed by atoms with Crippen LogP contribution in [0.25, 0.3) is 10.7 Å². The predicted molar refractivity (Wildman–Crippen MR) is 49.4 cm³/mol. The van der Waals surface area contributed by atoms with Gasteiger partial charge in [0.2, 0.25) is 11.7 Å². The third-order valence-corrected chi connectivity index (χ3v) is 2.38. The number of thiazole rings is 1. The Bertz CT molecular complexity index is 399. The van der Waals surface area contributed by atoms with E-state index in [0.29, 0.717) is 5.82 Å². The van der Waals surface area contributed by atoms with Crippen LogP contribution in [0.3, 0.4) is 0 Å². The lowest BCUT2D eigenvalue weighted by molar-refractivity contribution is 0.237. The average molecular weight is 212 g/mol. The molecular formula is C7H8N4O2S. The number of aliphatic hydroxyl groups excluding tert-OH is 1. The Kier molecular flexibility index (Phi) is 2.53. The number of aliphatic hydroxyl groups is 1. The molecule has 74 valence electrons. The molecule has 2 aromatic rings. The highest BCUT2D eigenvalue weighted by Crippen LogP contribution is 2.20. The Morgan fingerprint density at radius 1 is 1.64 bits per heavy atom. The van der Waals surface area contributed by atoms with E-state index in [4.69, 9.17) is 15.4 Å². The van der Waals surface area contributed by atoms with Crippen LogP contribution in [-0.4, -0.2) is 26.8 Å². The monoisotopic (exact) mass is 212 g/mol. The summed E-state index contributed by atoms with van der Waals surface area (Å²) in [5, 5.41) is 12.5. The van der Waals surface area contributed by atoms with Gasteiger partial charge in [0, 0.05) is 6.20 Å². The van der Waals surface area contributed by atoms with Crippen LogP contribution >= 0.6 is 11.3 Å². The number of rotatable bonds is 3. The van der Waals surface area contributed by atoms with E-state index >= 15 is 0 Å². The first-order valence-electron chi connectivity index (χ1n) is 3.90. The smallest absolute Gasteiger partial charge is 0.246 e. The zero-order chi connectivity index (χ0) is 9.97. The van der Waals surface area contributed by atoms with Crippen molar-refractivity contribution in [2.24, 2.45) is 5.73 Å². The SMILES string of the molecule is N[C@@H](CO)c1nc(-c2cncs2)no1. The van der Waals surface area contributed by atoms with Crippen molar-refractivity contribution in [3.63, 3.8) is 0 Å². The van der Waals surface area contributed by atoms with Gasteiger partial charge in [-0.2, -0.15) is 4.98 Å². The lowest BCUT2D eigenvalue weighted by atomic mass is 10.3. The summed E-state index contributed by atoms with van der Waals surface area (Å²) in [4.78, 5) is 8.73. The van der Waals surface area contributed by atoms with Gasteiger partial charge in [-0.1, -0.05) is 5.16 Å². The van der Waals surface area contributed by atoms with Gasteiger partial charge in [0.1, 0.15) is 6.04 Å². The third kappa shape index (κ3) is 1.65. The zero-order valence-corrected chi connectivity index (χ0v) is 7.94. The average Bonchev–Trinajstić information content (AvgIpc) is 2.86. The van der Waals surface area contributed by atoms with Gasteiger partial charge in [-0.05, 0) is 0 Å². The van der Waals surface area contributed by atoms with Gasteiger partial charge in [-0.25, -0.2) is 0 Å². The largest absolute Gasteiger partial charge is 0.394 e. The molecular weight excluding hydrogens is 204 g/mol. The van der Waals surface area contributed by atoms with Crippen LogP contribution in [0.15, 0.2) is 16.2 Å². The first-order valence-corrected chi connectivity index (χ1v) is 4.78. The molecule has 0 unspecified atom stereocenters. The molecule has 0 saturated carbocycles. The van der Waals surface area contributed by atoms with Crippen molar-refractivity contribution in [2.45, 2.75) is 6.04 Å². The van der Waals surface area contributed by atoms with E-state index in [1.807, 2.05) is 0 Å². The molecule has 0 aliphatic heterocycles. The lowest BCUT2D eigenvalue weighted by Crippen LogP contribution is -2.14. The number of nitrogens with zero attached hydrogens (tertiary/aromatic N) is 3. The maximum absolute atomic E-state index is 8.77. The molecule has 7 heteroatoms. The molecule has 2 heterocycles. The van der Waals surface area contributed by atoms with Crippen LogP contribution in [0.1, 0.15) is 11.9 Å². The molecule has 0 aliphatic rings. The molecule has 0 bridgehead atoms. The Morgan fingerprint density at radius 3 is 3.14 bits per heavy atom. The van der Waals surface area contributed by atoms with E-state index in [2.05, 4.69) is 15.1 Å². The Labute approximate surface area is 83.4 Å². The number of hydrogen-bond donors (Lipinski definition) is 2. The first-order chi connectivity index (χ1) is 6.81. The van der Waals surface area contributed by atoms with Crippen LogP contribution in [0.4, 0.5) is 0 Å². The van der Waals surface area contributed by atoms with Crippen LogP contribution in [0, 0.1) is 0 Å².